The van der Waals surface area contributed by atoms with Gasteiger partial charge in [-0.2, -0.15) is 0 Å². The zero-order chi connectivity index (χ0) is 5.45. The zero-order valence-corrected chi connectivity index (χ0v) is 8.69. The summed E-state index contributed by atoms with van der Waals surface area (Å²) in [6.07, 6.45) is 0. The molecule has 0 unspecified atom stereocenters. The topological polar surface area (TPSA) is 139 Å². The van der Waals surface area contributed by atoms with Crippen LogP contribution >= 0.6 is 34.5 Å². The number of hydrogen-bond donors (Lipinski definition) is 5. The second kappa shape index (κ2) is 5.01. The Labute approximate surface area is 72.1 Å². The fourth-order valence-corrected chi connectivity index (χ4v) is 0. The van der Waals surface area contributed by atoms with Crippen LogP contribution in [0.5, 0.6) is 0 Å². The standard InChI is InChI=1S/3ClH.H3N.4H2N.Ru/h3*1H;1H3;4*1H2;/q;;;;4*-1;+5/p-1. The molecule has 0 aromatic carbocycles. The fourth-order valence-electron chi connectivity index (χ4n) is 0. The molecule has 0 aromatic heterocycles. The van der Waals surface area contributed by atoms with Crippen molar-refractivity contribution in [2.45, 2.75) is 0 Å². The van der Waals surface area contributed by atoms with Gasteiger partial charge in [0.25, 0.3) is 0 Å². The van der Waals surface area contributed by atoms with Gasteiger partial charge in [-0.25, -0.2) is 0 Å². The van der Waals surface area contributed by atoms with Gasteiger partial charge in [-0.05, 0) is 0 Å². The molecule has 0 saturated carbocycles. The van der Waals surface area contributed by atoms with E-state index in [2.05, 4.69) is 0 Å². The number of halogens is 3. The summed E-state index contributed by atoms with van der Waals surface area (Å²) in [7, 11) is 5.07. The Bertz CT molecular complexity index is 45.4. The molecule has 0 aliphatic carbocycles. The molecule has 0 bridgehead atoms. The van der Waals surface area contributed by atoms with Gasteiger partial charge < -0.3 is 6.15 Å². The predicted octanol–water partition coefficient (Wildman–Crippen LogP) is -0.670. The van der Waals surface area contributed by atoms with E-state index in [0.29, 0.717) is 0 Å². The van der Waals surface area contributed by atoms with Crippen LogP contribution in [0.2, 0.25) is 0 Å². The Morgan fingerprint density at radius 2 is 0.889 bits per heavy atom. The van der Waals surface area contributed by atoms with Gasteiger partial charge in [0.15, 0.2) is 0 Å². The van der Waals surface area contributed by atoms with Gasteiger partial charge in [0.1, 0.15) is 0 Å². The summed E-state index contributed by atoms with van der Waals surface area (Å²) < 4.78 is 19.5. The molecule has 5 nitrogen and oxygen atoms in total. The maximum atomic E-state index is 5.07. The Morgan fingerprint density at radius 1 is 0.889 bits per heavy atom. The zero-order valence-electron chi connectivity index (χ0n) is 4.56. The average Bonchev–Trinajstić information content (AvgIpc) is 0.650. The van der Waals surface area contributed by atoms with E-state index in [1.54, 1.807) is 0 Å². The van der Waals surface area contributed by atoms with Gasteiger partial charge >= 0.3 is 41.2 Å². The van der Waals surface area contributed by atoms with E-state index in [4.69, 9.17) is 27.6 Å². The van der Waals surface area contributed by atoms with Crippen molar-refractivity contribution in [2.75, 3.05) is 0 Å². The third-order valence-electron chi connectivity index (χ3n) is 0. The molecule has 0 saturated heterocycles. The summed E-state index contributed by atoms with van der Waals surface area (Å²) in [5, 5.41) is 0. The number of hydrogen-bond acceptors (Lipinski definition) is 5. The third-order valence-corrected chi connectivity index (χ3v) is 0. The molecule has 11 N–H and O–H groups in total. The molecular formula is H13Cl3N5Ru. The number of nitrogens with two attached hydrogens (primary N) is 4. The minimum atomic E-state index is -4.00. The molecule has 0 fully saturated rings. The van der Waals surface area contributed by atoms with Crippen molar-refractivity contribution in [3.8, 4) is 0 Å². The SMILES string of the molecule is Cl.Cl.N.[NH2][Ru]([NH2])([NH2])([NH2])[Cl]. The van der Waals surface area contributed by atoms with Crippen LogP contribution in [-0.2, 0) is 13.6 Å². The van der Waals surface area contributed by atoms with Gasteiger partial charge in [-0.3, -0.25) is 0 Å². The second-order valence-electron chi connectivity index (χ2n) is 1.02. The average molecular weight is 291 g/mol. The Hall–Kier alpha value is 1.29. The molecule has 0 heterocycles. The molecule has 0 spiro atoms. The van der Waals surface area contributed by atoms with E-state index in [1.807, 2.05) is 0 Å². The van der Waals surface area contributed by atoms with Crippen LogP contribution < -0.4 is 24.1 Å². The molecule has 0 aliphatic rings. The van der Waals surface area contributed by atoms with Crippen LogP contribution in [0.15, 0.2) is 0 Å². The second-order valence-corrected chi connectivity index (χ2v) is 9.66. The van der Waals surface area contributed by atoms with E-state index >= 15 is 0 Å². The van der Waals surface area contributed by atoms with E-state index in [1.165, 1.54) is 0 Å². The third kappa shape index (κ3) is 296. The molecule has 0 amide bonds. The van der Waals surface area contributed by atoms with Crippen molar-refractivity contribution in [3.05, 3.63) is 0 Å². The fraction of sp³-hybridized carbons (Fsp3) is 0. The molecule has 0 aliphatic heterocycles. The summed E-state index contributed by atoms with van der Waals surface area (Å²) in [6.45, 7) is 0. The van der Waals surface area contributed by atoms with Crippen molar-refractivity contribution >= 4 is 34.5 Å². The first-order chi connectivity index (χ1) is 2.24. The van der Waals surface area contributed by atoms with Crippen LogP contribution in [0.3, 0.4) is 0 Å². The Morgan fingerprint density at radius 3 is 0.889 bits per heavy atom. The van der Waals surface area contributed by atoms with Crippen LogP contribution in [0.4, 0.5) is 0 Å². The molecule has 0 aromatic rings. The van der Waals surface area contributed by atoms with E-state index < -0.39 is 13.6 Å². The van der Waals surface area contributed by atoms with Crippen LogP contribution in [-0.4, -0.2) is 0 Å². The predicted molar refractivity (Wildman–Crippen MR) is 42.1 cm³/mol. The Balaban J connectivity index is -0.0000000417. The molecule has 0 rings (SSSR count). The first-order valence-corrected chi connectivity index (χ1v) is 7.20. The number of rotatable bonds is 0. The summed E-state index contributed by atoms with van der Waals surface area (Å²) in [6, 6.07) is 0. The first kappa shape index (κ1) is 22.4. The van der Waals surface area contributed by atoms with Gasteiger partial charge in [0.2, 0.25) is 0 Å². The van der Waals surface area contributed by atoms with Crippen LogP contribution in [0.25, 0.3) is 0 Å². The van der Waals surface area contributed by atoms with Gasteiger partial charge in [-0.15, -0.1) is 24.8 Å². The van der Waals surface area contributed by atoms with Crippen molar-refractivity contribution in [1.82, 2.24) is 6.15 Å². The van der Waals surface area contributed by atoms with E-state index in [9.17, 15) is 0 Å². The van der Waals surface area contributed by atoms with Crippen LogP contribution in [0.1, 0.15) is 0 Å². The van der Waals surface area contributed by atoms with Gasteiger partial charge in [0.05, 0.1) is 0 Å². The van der Waals surface area contributed by atoms with Crippen molar-refractivity contribution < 1.29 is 13.6 Å². The first-order valence-electron chi connectivity index (χ1n) is 0.950. The Kier molecular flexibility index (Phi) is 12.5. The van der Waals surface area contributed by atoms with E-state index in [0.717, 1.165) is 0 Å². The summed E-state index contributed by atoms with van der Waals surface area (Å²) >= 11 is -4.00. The molecular weight excluding hydrogens is 277 g/mol. The monoisotopic (exact) mass is 290 g/mol. The van der Waals surface area contributed by atoms with Crippen molar-refractivity contribution in [3.63, 3.8) is 0 Å². The van der Waals surface area contributed by atoms with E-state index in [-0.39, 0.29) is 31.0 Å². The minimum absolute atomic E-state index is 0. The summed E-state index contributed by atoms with van der Waals surface area (Å²) in [5.74, 6) is 0. The summed E-state index contributed by atoms with van der Waals surface area (Å²) in [5.41, 5.74) is 0. The quantitative estimate of drug-likeness (QED) is 0.376. The van der Waals surface area contributed by atoms with Gasteiger partial charge in [-0.1, -0.05) is 0 Å². The van der Waals surface area contributed by atoms with Crippen molar-refractivity contribution in [2.24, 2.45) is 17.9 Å². The van der Waals surface area contributed by atoms with Gasteiger partial charge in [0, 0.05) is 0 Å². The maximum absolute atomic E-state index is 5.07. The molecule has 9 heteroatoms. The van der Waals surface area contributed by atoms with Crippen molar-refractivity contribution in [1.29, 1.82) is 0 Å². The molecule has 9 heavy (non-hydrogen) atoms. The summed E-state index contributed by atoms with van der Waals surface area (Å²) in [4.78, 5) is 0. The normalized spacial score (nSPS) is 12.8. The molecule has 67 valence electrons. The molecule has 0 radical (unpaired) electrons. The van der Waals surface area contributed by atoms with Crippen LogP contribution in [0, 0.1) is 0 Å². The molecule has 0 atom stereocenters.